The Morgan fingerprint density at radius 3 is 2.58 bits per heavy atom. The molecule has 0 spiro atoms. The van der Waals surface area contributed by atoms with E-state index in [9.17, 15) is 13.2 Å². The van der Waals surface area contributed by atoms with E-state index in [1.54, 1.807) is 10.6 Å². The van der Waals surface area contributed by atoms with Crippen LogP contribution >= 0.6 is 12.2 Å². The normalized spacial score (nSPS) is 15.7. The second kappa shape index (κ2) is 4.19. The molecule has 1 N–H and O–H groups in total. The minimum atomic E-state index is -4.40. The highest BCUT2D eigenvalue weighted by atomic mass is 32.1. The molecule has 0 atom stereocenters. The van der Waals surface area contributed by atoms with Crippen LogP contribution in [-0.2, 0) is 6.18 Å². The molecule has 0 radical (unpaired) electrons. The summed E-state index contributed by atoms with van der Waals surface area (Å²) in [5, 5.41) is 6.55. The molecule has 1 fully saturated rings. The van der Waals surface area contributed by atoms with Gasteiger partial charge in [-0.3, -0.25) is 9.67 Å². The van der Waals surface area contributed by atoms with Crippen molar-refractivity contribution in [3.63, 3.8) is 0 Å². The van der Waals surface area contributed by atoms with Crippen LogP contribution in [0.5, 0.6) is 0 Å². The first kappa shape index (κ1) is 12.4. The molecule has 100 valence electrons. The lowest BCUT2D eigenvalue weighted by Crippen LogP contribution is -2.09. The van der Waals surface area contributed by atoms with Crippen LogP contribution < -0.4 is 0 Å². The van der Waals surface area contributed by atoms with Crippen molar-refractivity contribution < 1.29 is 13.2 Å². The third-order valence-corrected chi connectivity index (χ3v) is 3.38. The number of nitrogens with one attached hydrogen (secondary N) is 1. The highest BCUT2D eigenvalue weighted by Crippen LogP contribution is 2.41. The summed E-state index contributed by atoms with van der Waals surface area (Å²) in [6, 6.07) is 5.59. The second-order valence-corrected chi connectivity index (χ2v) is 4.88. The Morgan fingerprint density at radius 2 is 1.95 bits per heavy atom. The van der Waals surface area contributed by atoms with Crippen LogP contribution in [0, 0.1) is 4.77 Å². The fourth-order valence-electron chi connectivity index (χ4n) is 2.09. The topological polar surface area (TPSA) is 33.6 Å². The van der Waals surface area contributed by atoms with Gasteiger partial charge in [-0.25, -0.2) is 0 Å². The average molecular weight is 285 g/mol. The van der Waals surface area contributed by atoms with Crippen molar-refractivity contribution >= 4 is 12.2 Å². The summed E-state index contributed by atoms with van der Waals surface area (Å²) in [7, 11) is 0. The molecule has 19 heavy (non-hydrogen) atoms. The molecule has 3 nitrogen and oxygen atoms in total. The standard InChI is InChI=1S/C12H10F3N3S/c13-12(14,15)9-4-2-1-3-8(9)10-16-17-11(19)18(10)7-5-6-7/h1-4,7H,5-6H2,(H,17,19). The Bertz CT molecular complexity index is 667. The number of alkyl halides is 3. The largest absolute Gasteiger partial charge is 0.417 e. The molecule has 3 rings (SSSR count). The molecule has 1 aromatic carbocycles. The number of halogens is 3. The minimum Gasteiger partial charge on any atom is -0.297 e. The molecule has 0 amide bonds. The third kappa shape index (κ3) is 2.18. The van der Waals surface area contributed by atoms with Crippen LogP contribution in [0.25, 0.3) is 11.4 Å². The van der Waals surface area contributed by atoms with Gasteiger partial charge >= 0.3 is 6.18 Å². The van der Waals surface area contributed by atoms with Gasteiger partial charge in [-0.05, 0) is 31.1 Å². The summed E-state index contributed by atoms with van der Waals surface area (Å²) in [5.41, 5.74) is -0.625. The molecule has 0 saturated heterocycles. The zero-order chi connectivity index (χ0) is 13.6. The highest BCUT2D eigenvalue weighted by Gasteiger charge is 2.36. The van der Waals surface area contributed by atoms with Crippen molar-refractivity contribution in [1.82, 2.24) is 14.8 Å². The van der Waals surface area contributed by atoms with E-state index in [4.69, 9.17) is 12.2 Å². The summed E-state index contributed by atoms with van der Waals surface area (Å²) >= 11 is 5.09. The molecule has 1 aromatic heterocycles. The van der Waals surface area contributed by atoms with Gasteiger partial charge in [0.1, 0.15) is 0 Å². The van der Waals surface area contributed by atoms with E-state index in [-0.39, 0.29) is 17.4 Å². The maximum Gasteiger partial charge on any atom is 0.417 e. The zero-order valence-electron chi connectivity index (χ0n) is 9.74. The molecule has 0 bridgehead atoms. The number of hydrogen-bond donors (Lipinski definition) is 1. The predicted octanol–water partition coefficient (Wildman–Crippen LogP) is 3.96. The monoisotopic (exact) mass is 285 g/mol. The van der Waals surface area contributed by atoms with E-state index >= 15 is 0 Å². The summed E-state index contributed by atoms with van der Waals surface area (Å²) < 4.78 is 41.1. The molecule has 2 aromatic rings. The summed E-state index contributed by atoms with van der Waals surface area (Å²) in [4.78, 5) is 0. The molecular weight excluding hydrogens is 275 g/mol. The fourth-order valence-corrected chi connectivity index (χ4v) is 2.37. The quantitative estimate of drug-likeness (QED) is 0.847. The first-order valence-corrected chi connectivity index (χ1v) is 6.23. The number of benzene rings is 1. The predicted molar refractivity (Wildman–Crippen MR) is 66.1 cm³/mol. The molecule has 1 aliphatic carbocycles. The van der Waals surface area contributed by atoms with E-state index < -0.39 is 11.7 Å². The van der Waals surface area contributed by atoms with E-state index in [1.165, 1.54) is 12.1 Å². The summed E-state index contributed by atoms with van der Waals surface area (Å²) in [6.45, 7) is 0. The van der Waals surface area contributed by atoms with Gasteiger partial charge in [-0.15, -0.1) is 0 Å². The average Bonchev–Trinajstić information content (AvgIpc) is 3.11. The van der Waals surface area contributed by atoms with E-state index in [1.807, 2.05) is 0 Å². The Hall–Kier alpha value is -1.63. The maximum atomic E-state index is 13.0. The van der Waals surface area contributed by atoms with Gasteiger partial charge in [0.25, 0.3) is 0 Å². The van der Waals surface area contributed by atoms with E-state index in [0.29, 0.717) is 4.77 Å². The van der Waals surface area contributed by atoms with Gasteiger partial charge in [0.05, 0.1) is 5.56 Å². The van der Waals surface area contributed by atoms with Crippen LogP contribution in [0.1, 0.15) is 24.4 Å². The number of aromatic nitrogens is 3. The van der Waals surface area contributed by atoms with Gasteiger partial charge in [-0.1, -0.05) is 18.2 Å². The Balaban J connectivity index is 2.21. The van der Waals surface area contributed by atoms with Gasteiger partial charge < -0.3 is 0 Å². The van der Waals surface area contributed by atoms with Gasteiger partial charge in [-0.2, -0.15) is 18.3 Å². The second-order valence-electron chi connectivity index (χ2n) is 4.50. The molecule has 0 unspecified atom stereocenters. The van der Waals surface area contributed by atoms with Crippen LogP contribution in [0.2, 0.25) is 0 Å². The van der Waals surface area contributed by atoms with E-state index in [0.717, 1.165) is 18.9 Å². The van der Waals surface area contributed by atoms with Crippen LogP contribution in [-0.4, -0.2) is 14.8 Å². The fraction of sp³-hybridized carbons (Fsp3) is 0.333. The molecule has 0 aliphatic heterocycles. The zero-order valence-corrected chi connectivity index (χ0v) is 10.6. The lowest BCUT2D eigenvalue weighted by atomic mass is 10.1. The van der Waals surface area contributed by atoms with Crippen molar-refractivity contribution in [1.29, 1.82) is 0 Å². The lowest BCUT2D eigenvalue weighted by molar-refractivity contribution is -0.137. The number of aromatic amines is 1. The maximum absolute atomic E-state index is 13.0. The Kier molecular flexibility index (Phi) is 2.74. The Labute approximate surface area is 112 Å². The highest BCUT2D eigenvalue weighted by molar-refractivity contribution is 7.71. The number of H-pyrrole nitrogens is 1. The van der Waals surface area contributed by atoms with Crippen LogP contribution in [0.3, 0.4) is 0 Å². The molecule has 7 heteroatoms. The van der Waals surface area contributed by atoms with Gasteiger partial charge in [0, 0.05) is 11.6 Å². The van der Waals surface area contributed by atoms with Gasteiger partial charge in [0.2, 0.25) is 0 Å². The molecule has 1 heterocycles. The minimum absolute atomic E-state index is 0.0641. The molecular formula is C12H10F3N3S. The summed E-state index contributed by atoms with van der Waals surface area (Å²) in [6.07, 6.45) is -2.55. The molecule has 1 aliphatic rings. The molecule has 1 saturated carbocycles. The first-order chi connectivity index (χ1) is 8.98. The van der Waals surface area contributed by atoms with Crippen molar-refractivity contribution in [2.75, 3.05) is 0 Å². The number of rotatable bonds is 2. The first-order valence-electron chi connectivity index (χ1n) is 5.82. The lowest BCUT2D eigenvalue weighted by Gasteiger charge is -2.12. The Morgan fingerprint density at radius 1 is 1.26 bits per heavy atom. The number of hydrogen-bond acceptors (Lipinski definition) is 2. The number of nitrogens with zero attached hydrogens (tertiary/aromatic N) is 2. The van der Waals surface area contributed by atoms with Crippen molar-refractivity contribution in [2.45, 2.75) is 25.1 Å². The third-order valence-electron chi connectivity index (χ3n) is 3.09. The smallest absolute Gasteiger partial charge is 0.297 e. The van der Waals surface area contributed by atoms with Crippen molar-refractivity contribution in [3.05, 3.63) is 34.6 Å². The summed E-state index contributed by atoms with van der Waals surface area (Å²) in [5.74, 6) is 0.264. The van der Waals surface area contributed by atoms with Crippen LogP contribution in [0.15, 0.2) is 24.3 Å². The van der Waals surface area contributed by atoms with E-state index in [2.05, 4.69) is 10.2 Å². The SMILES string of the molecule is FC(F)(F)c1ccccc1-c1n[nH]c(=S)n1C1CC1. The van der Waals surface area contributed by atoms with Crippen molar-refractivity contribution in [2.24, 2.45) is 0 Å². The van der Waals surface area contributed by atoms with Crippen LogP contribution in [0.4, 0.5) is 13.2 Å². The van der Waals surface area contributed by atoms with Crippen molar-refractivity contribution in [3.8, 4) is 11.4 Å². The van der Waals surface area contributed by atoms with Gasteiger partial charge in [0.15, 0.2) is 10.6 Å².